The van der Waals surface area contributed by atoms with Gasteiger partial charge < -0.3 is 0 Å². The minimum atomic E-state index is -0.231. The summed E-state index contributed by atoms with van der Waals surface area (Å²) in [5, 5.41) is 4.70. The van der Waals surface area contributed by atoms with Gasteiger partial charge in [-0.15, -0.1) is 0 Å². The van der Waals surface area contributed by atoms with Crippen molar-refractivity contribution in [3.8, 4) is 17.1 Å². The van der Waals surface area contributed by atoms with E-state index in [2.05, 4.69) is 11.1 Å². The van der Waals surface area contributed by atoms with Crippen LogP contribution in [0.25, 0.3) is 17.1 Å². The number of pyridine rings is 1. The van der Waals surface area contributed by atoms with Crippen LogP contribution in [0.5, 0.6) is 0 Å². The Morgan fingerprint density at radius 2 is 1.86 bits per heavy atom. The highest BCUT2D eigenvalue weighted by molar-refractivity contribution is 5.62. The zero-order valence-corrected chi connectivity index (χ0v) is 11.4. The molecular weight excluding hydrogens is 265 g/mol. The molecule has 1 fully saturated rings. The molecule has 21 heavy (non-hydrogen) atoms. The van der Waals surface area contributed by atoms with Gasteiger partial charge in [-0.2, -0.15) is 5.10 Å². The normalized spacial score (nSPS) is 14.3. The van der Waals surface area contributed by atoms with E-state index in [4.69, 9.17) is 5.10 Å². The molecule has 1 aliphatic carbocycles. The molecule has 0 bridgehead atoms. The molecule has 0 radical (unpaired) electrons. The molecule has 0 unspecified atom stereocenters. The van der Waals surface area contributed by atoms with Crippen LogP contribution < -0.4 is 0 Å². The Balaban J connectivity index is 1.86. The van der Waals surface area contributed by atoms with Gasteiger partial charge in [-0.05, 0) is 55.3 Å². The largest absolute Gasteiger partial charge is 0.237 e. The van der Waals surface area contributed by atoms with Gasteiger partial charge in [-0.3, -0.25) is 0 Å². The number of rotatable bonds is 3. The Morgan fingerprint density at radius 1 is 1.05 bits per heavy atom. The molecule has 0 atom stereocenters. The first-order valence-corrected chi connectivity index (χ1v) is 7.08. The highest BCUT2D eigenvalue weighted by Crippen LogP contribution is 2.41. The maximum Gasteiger partial charge on any atom is 0.153 e. The van der Waals surface area contributed by atoms with E-state index < -0.39 is 0 Å². The Kier molecular flexibility index (Phi) is 2.81. The molecule has 1 aliphatic rings. The number of nitrogens with zero attached hydrogens (tertiary/aromatic N) is 3. The summed E-state index contributed by atoms with van der Waals surface area (Å²) < 4.78 is 15.0. The van der Waals surface area contributed by atoms with E-state index >= 15 is 0 Å². The summed E-state index contributed by atoms with van der Waals surface area (Å²) in [5.74, 6) is 1.11. The summed E-state index contributed by atoms with van der Waals surface area (Å²) in [6.07, 6.45) is 4.15. The van der Waals surface area contributed by atoms with E-state index in [0.717, 1.165) is 22.8 Å². The van der Waals surface area contributed by atoms with Crippen molar-refractivity contribution in [1.82, 2.24) is 14.8 Å². The number of benzene rings is 1. The maximum absolute atomic E-state index is 13.1. The predicted octanol–water partition coefficient (Wildman–Crippen LogP) is 3.95. The van der Waals surface area contributed by atoms with Crippen LogP contribution in [0.2, 0.25) is 0 Å². The van der Waals surface area contributed by atoms with E-state index in [1.807, 2.05) is 22.9 Å². The maximum atomic E-state index is 13.1. The van der Waals surface area contributed by atoms with Crippen LogP contribution in [-0.2, 0) is 0 Å². The van der Waals surface area contributed by atoms with Crippen LogP contribution in [0.3, 0.4) is 0 Å². The standard InChI is InChI=1S/C17H14FN3/c18-14-8-6-13(7-9-14)16-11-15(12-4-5-12)20-21(16)17-3-1-2-10-19-17/h1-3,6-12H,4-5H2. The molecule has 1 aromatic carbocycles. The number of aromatic nitrogens is 3. The van der Waals surface area contributed by atoms with Gasteiger partial charge in [-0.1, -0.05) is 6.07 Å². The molecule has 2 heterocycles. The summed E-state index contributed by atoms with van der Waals surface area (Å²) in [5.41, 5.74) is 3.00. The van der Waals surface area contributed by atoms with Gasteiger partial charge in [0.2, 0.25) is 0 Å². The van der Waals surface area contributed by atoms with Crippen LogP contribution in [0.1, 0.15) is 24.5 Å². The monoisotopic (exact) mass is 279 g/mol. The van der Waals surface area contributed by atoms with Crippen LogP contribution in [-0.4, -0.2) is 14.8 Å². The summed E-state index contributed by atoms with van der Waals surface area (Å²) >= 11 is 0. The lowest BCUT2D eigenvalue weighted by Gasteiger charge is -2.06. The molecule has 0 amide bonds. The minimum absolute atomic E-state index is 0.231. The van der Waals surface area contributed by atoms with Crippen molar-refractivity contribution in [3.05, 3.63) is 66.2 Å². The molecule has 2 aromatic heterocycles. The summed E-state index contributed by atoms with van der Waals surface area (Å²) in [7, 11) is 0. The van der Waals surface area contributed by atoms with E-state index in [1.165, 1.54) is 25.0 Å². The van der Waals surface area contributed by atoms with Crippen molar-refractivity contribution in [2.24, 2.45) is 0 Å². The predicted molar refractivity (Wildman–Crippen MR) is 78.7 cm³/mol. The molecule has 3 aromatic rings. The van der Waals surface area contributed by atoms with Gasteiger partial charge in [0.25, 0.3) is 0 Å². The molecule has 0 spiro atoms. The Morgan fingerprint density at radius 3 is 2.52 bits per heavy atom. The zero-order chi connectivity index (χ0) is 14.2. The Bertz CT molecular complexity index is 758. The molecule has 0 aliphatic heterocycles. The molecule has 0 saturated heterocycles. The van der Waals surface area contributed by atoms with Crippen molar-refractivity contribution in [3.63, 3.8) is 0 Å². The van der Waals surface area contributed by atoms with Gasteiger partial charge in [0, 0.05) is 17.7 Å². The van der Waals surface area contributed by atoms with Crippen LogP contribution in [0.4, 0.5) is 4.39 Å². The van der Waals surface area contributed by atoms with Crippen LogP contribution in [0.15, 0.2) is 54.7 Å². The Hall–Kier alpha value is -2.49. The van der Waals surface area contributed by atoms with Gasteiger partial charge in [0.15, 0.2) is 5.82 Å². The Labute approximate surface area is 122 Å². The summed E-state index contributed by atoms with van der Waals surface area (Å²) in [4.78, 5) is 4.37. The summed E-state index contributed by atoms with van der Waals surface area (Å²) in [6, 6.07) is 14.4. The van der Waals surface area contributed by atoms with E-state index in [-0.39, 0.29) is 5.82 Å². The molecule has 0 N–H and O–H groups in total. The van der Waals surface area contributed by atoms with Crippen LogP contribution in [0, 0.1) is 5.82 Å². The van der Waals surface area contributed by atoms with E-state index in [9.17, 15) is 4.39 Å². The number of hydrogen-bond donors (Lipinski definition) is 0. The van der Waals surface area contributed by atoms with Crippen LogP contribution >= 0.6 is 0 Å². The van der Waals surface area contributed by atoms with Gasteiger partial charge >= 0.3 is 0 Å². The first-order chi connectivity index (χ1) is 10.3. The third kappa shape index (κ3) is 2.33. The quantitative estimate of drug-likeness (QED) is 0.726. The molecule has 1 saturated carbocycles. The second-order valence-corrected chi connectivity index (χ2v) is 5.34. The van der Waals surface area contributed by atoms with Crippen molar-refractivity contribution < 1.29 is 4.39 Å². The highest BCUT2D eigenvalue weighted by Gasteiger charge is 2.28. The average Bonchev–Trinajstić information content (AvgIpc) is 3.28. The molecule has 104 valence electrons. The number of halogens is 1. The fraction of sp³-hybridized carbons (Fsp3) is 0.176. The molecule has 4 heteroatoms. The molecular formula is C17H14FN3. The molecule has 3 nitrogen and oxygen atoms in total. The lowest BCUT2D eigenvalue weighted by atomic mass is 10.1. The average molecular weight is 279 g/mol. The smallest absolute Gasteiger partial charge is 0.153 e. The van der Waals surface area contributed by atoms with Crippen molar-refractivity contribution in [2.45, 2.75) is 18.8 Å². The number of hydrogen-bond acceptors (Lipinski definition) is 2. The zero-order valence-electron chi connectivity index (χ0n) is 11.4. The first-order valence-electron chi connectivity index (χ1n) is 7.08. The second-order valence-electron chi connectivity index (χ2n) is 5.34. The minimum Gasteiger partial charge on any atom is -0.237 e. The second kappa shape index (κ2) is 4.81. The van der Waals surface area contributed by atoms with E-state index in [0.29, 0.717) is 5.92 Å². The SMILES string of the molecule is Fc1ccc(-c2cc(C3CC3)nn2-c2ccccn2)cc1. The topological polar surface area (TPSA) is 30.7 Å². The van der Waals surface area contributed by atoms with Gasteiger partial charge in [-0.25, -0.2) is 14.1 Å². The molecule has 4 rings (SSSR count). The first kappa shape index (κ1) is 12.3. The fourth-order valence-corrected chi connectivity index (χ4v) is 2.46. The lowest BCUT2D eigenvalue weighted by molar-refractivity contribution is 0.628. The highest BCUT2D eigenvalue weighted by atomic mass is 19.1. The van der Waals surface area contributed by atoms with Crippen molar-refractivity contribution >= 4 is 0 Å². The van der Waals surface area contributed by atoms with Crippen molar-refractivity contribution in [2.75, 3.05) is 0 Å². The van der Waals surface area contributed by atoms with Crippen molar-refractivity contribution in [1.29, 1.82) is 0 Å². The fourth-order valence-electron chi connectivity index (χ4n) is 2.46. The summed E-state index contributed by atoms with van der Waals surface area (Å²) in [6.45, 7) is 0. The van der Waals surface area contributed by atoms with E-state index in [1.54, 1.807) is 18.3 Å². The van der Waals surface area contributed by atoms with Gasteiger partial charge in [0.1, 0.15) is 5.82 Å². The third-order valence-corrected chi connectivity index (χ3v) is 3.73. The third-order valence-electron chi connectivity index (χ3n) is 3.73. The lowest BCUT2D eigenvalue weighted by Crippen LogP contribution is -2.01. The van der Waals surface area contributed by atoms with Gasteiger partial charge in [0.05, 0.1) is 11.4 Å².